The van der Waals surface area contributed by atoms with E-state index in [0.29, 0.717) is 6.42 Å². The fraction of sp³-hybridized carbons (Fsp3) is 0.918. The van der Waals surface area contributed by atoms with Gasteiger partial charge in [-0.25, -0.2) is 0 Å². The van der Waals surface area contributed by atoms with Crippen LogP contribution < -0.4 is 5.32 Å². The van der Waals surface area contributed by atoms with Crippen molar-refractivity contribution in [3.8, 4) is 0 Å². The van der Waals surface area contributed by atoms with E-state index in [9.17, 15) is 35.4 Å². The van der Waals surface area contributed by atoms with Crippen molar-refractivity contribution in [1.82, 2.24) is 5.32 Å². The summed E-state index contributed by atoms with van der Waals surface area (Å²) < 4.78 is 11.2. The SMILES string of the molecule is CCCCCCCCCCCCCC/C=C\CCCCCCCCCCCCCCCCCC(O)C(=O)NC(COC1OC(CO)C(O)C(O)C1O)C(O)/C=C/CCCCCCCCCCCCCCC. The third-order valence-electron chi connectivity index (χ3n) is 14.9. The Morgan fingerprint density at radius 2 is 0.817 bits per heavy atom. The van der Waals surface area contributed by atoms with Crippen LogP contribution in [0.3, 0.4) is 0 Å². The Labute approximate surface area is 437 Å². The normalized spacial score (nSPS) is 19.8. The summed E-state index contributed by atoms with van der Waals surface area (Å²) in [6.45, 7) is 3.65. The summed E-state index contributed by atoms with van der Waals surface area (Å²) in [5.74, 6) is -0.612. The van der Waals surface area contributed by atoms with Gasteiger partial charge in [0, 0.05) is 0 Å². The summed E-state index contributed by atoms with van der Waals surface area (Å²) in [4.78, 5) is 13.1. The van der Waals surface area contributed by atoms with E-state index in [2.05, 4.69) is 31.3 Å². The maximum absolute atomic E-state index is 13.1. The summed E-state index contributed by atoms with van der Waals surface area (Å²) in [6, 6.07) is -0.978. The van der Waals surface area contributed by atoms with Crippen molar-refractivity contribution in [2.45, 2.75) is 345 Å². The van der Waals surface area contributed by atoms with Crippen LogP contribution >= 0.6 is 0 Å². The average Bonchev–Trinajstić information content (AvgIpc) is 3.37. The highest BCUT2D eigenvalue weighted by Crippen LogP contribution is 2.23. The molecule has 10 nitrogen and oxygen atoms in total. The number of amides is 1. The molecule has 1 aliphatic rings. The Balaban J connectivity index is 2.17. The van der Waals surface area contributed by atoms with Gasteiger partial charge in [-0.2, -0.15) is 0 Å². The number of ether oxygens (including phenoxy) is 2. The van der Waals surface area contributed by atoms with Gasteiger partial charge in [-0.05, 0) is 44.9 Å². The van der Waals surface area contributed by atoms with Crippen LogP contribution in [-0.2, 0) is 14.3 Å². The summed E-state index contributed by atoms with van der Waals surface area (Å²) in [5, 5.41) is 65.1. The highest BCUT2D eigenvalue weighted by Gasteiger charge is 2.44. The average molecular weight is 1010 g/mol. The lowest BCUT2D eigenvalue weighted by molar-refractivity contribution is -0.302. The van der Waals surface area contributed by atoms with Crippen LogP contribution in [0.2, 0.25) is 0 Å². The van der Waals surface area contributed by atoms with Crippen molar-refractivity contribution < 1.29 is 44.9 Å². The molecule has 1 aliphatic heterocycles. The number of unbranched alkanes of at least 4 members (excludes halogenated alkanes) is 40. The zero-order chi connectivity index (χ0) is 51.7. The maximum atomic E-state index is 13.1. The molecule has 1 heterocycles. The van der Waals surface area contributed by atoms with E-state index in [-0.39, 0.29) is 6.61 Å². The highest BCUT2D eigenvalue weighted by molar-refractivity contribution is 5.80. The molecule has 1 fully saturated rings. The molecule has 1 rings (SSSR count). The Morgan fingerprint density at radius 3 is 1.18 bits per heavy atom. The molecule has 10 heteroatoms. The molecule has 420 valence electrons. The number of rotatable bonds is 53. The van der Waals surface area contributed by atoms with Gasteiger partial charge in [-0.3, -0.25) is 4.79 Å². The molecule has 0 aliphatic carbocycles. The second kappa shape index (κ2) is 50.8. The summed E-state index contributed by atoms with van der Waals surface area (Å²) in [7, 11) is 0. The van der Waals surface area contributed by atoms with Gasteiger partial charge in [0.15, 0.2) is 6.29 Å². The maximum Gasteiger partial charge on any atom is 0.249 e. The minimum atomic E-state index is -1.61. The van der Waals surface area contributed by atoms with E-state index in [1.807, 2.05) is 6.08 Å². The quantitative estimate of drug-likeness (QED) is 0.0232. The van der Waals surface area contributed by atoms with E-state index in [1.165, 1.54) is 231 Å². The van der Waals surface area contributed by atoms with Gasteiger partial charge in [0.25, 0.3) is 0 Å². The minimum Gasteiger partial charge on any atom is -0.394 e. The molecular weight excluding hydrogens is 891 g/mol. The van der Waals surface area contributed by atoms with Crippen molar-refractivity contribution in [3.05, 3.63) is 24.3 Å². The zero-order valence-corrected chi connectivity index (χ0v) is 46.4. The summed E-state index contributed by atoms with van der Waals surface area (Å²) >= 11 is 0. The predicted molar refractivity (Wildman–Crippen MR) is 296 cm³/mol. The van der Waals surface area contributed by atoms with Gasteiger partial charge in [0.2, 0.25) is 5.91 Å². The van der Waals surface area contributed by atoms with Gasteiger partial charge < -0.3 is 45.4 Å². The lowest BCUT2D eigenvalue weighted by Crippen LogP contribution is -2.60. The van der Waals surface area contributed by atoms with Crippen molar-refractivity contribution in [1.29, 1.82) is 0 Å². The van der Waals surface area contributed by atoms with Crippen LogP contribution in [0.1, 0.15) is 296 Å². The molecule has 1 amide bonds. The molecule has 8 atom stereocenters. The lowest BCUT2D eigenvalue weighted by Gasteiger charge is -2.40. The van der Waals surface area contributed by atoms with Gasteiger partial charge in [0.1, 0.15) is 30.5 Å². The smallest absolute Gasteiger partial charge is 0.249 e. The lowest BCUT2D eigenvalue weighted by atomic mass is 9.99. The van der Waals surface area contributed by atoms with E-state index in [4.69, 9.17) is 9.47 Å². The van der Waals surface area contributed by atoms with Gasteiger partial charge in [0.05, 0.1) is 25.4 Å². The molecule has 0 saturated carbocycles. The van der Waals surface area contributed by atoms with Gasteiger partial charge in [-0.15, -0.1) is 0 Å². The van der Waals surface area contributed by atoms with Crippen LogP contribution in [0.4, 0.5) is 0 Å². The van der Waals surface area contributed by atoms with Crippen LogP contribution in [0.25, 0.3) is 0 Å². The predicted octanol–water partition coefficient (Wildman–Crippen LogP) is 14.3. The number of carbonyl (C=O) groups excluding carboxylic acids is 1. The third kappa shape index (κ3) is 39.7. The first kappa shape index (κ1) is 67.6. The van der Waals surface area contributed by atoms with Crippen LogP contribution in [0.15, 0.2) is 24.3 Å². The number of allylic oxidation sites excluding steroid dienone is 3. The van der Waals surface area contributed by atoms with Gasteiger partial charge >= 0.3 is 0 Å². The minimum absolute atomic E-state index is 0.302. The number of hydrogen-bond donors (Lipinski definition) is 7. The number of nitrogens with one attached hydrogen (secondary N) is 1. The first-order valence-electron chi connectivity index (χ1n) is 30.7. The van der Waals surface area contributed by atoms with E-state index < -0.39 is 61.5 Å². The first-order chi connectivity index (χ1) is 34.8. The topological polar surface area (TPSA) is 169 Å². The van der Waals surface area contributed by atoms with Crippen molar-refractivity contribution in [2.75, 3.05) is 13.2 Å². The second-order valence-corrected chi connectivity index (χ2v) is 21.6. The monoisotopic (exact) mass is 1010 g/mol. The van der Waals surface area contributed by atoms with Crippen LogP contribution in [0.5, 0.6) is 0 Å². The van der Waals surface area contributed by atoms with E-state index in [1.54, 1.807) is 6.08 Å². The largest absolute Gasteiger partial charge is 0.394 e. The molecule has 1 saturated heterocycles. The molecular formula is C61H117NO9. The molecule has 0 bridgehead atoms. The summed E-state index contributed by atoms with van der Waals surface area (Å²) in [5.41, 5.74) is 0. The molecule has 0 aromatic rings. The molecule has 8 unspecified atom stereocenters. The standard InChI is InChI=1S/C61H117NO9/c1-3-5-7-9-11-13-15-17-19-20-21-22-23-24-25-26-27-28-29-30-31-32-33-34-36-38-40-42-44-46-48-50-55(65)60(69)62-53(52-70-61-59(68)58(67)57(66)56(51-63)71-61)54(64)49-47-45-43-41-39-37-35-18-16-14-12-10-8-6-4-2/h24-25,47,49,53-59,61,63-68H,3-23,26-46,48,50-52H2,1-2H3,(H,62,69)/b25-24-,49-47+. The Bertz CT molecular complexity index is 1190. The molecule has 71 heavy (non-hydrogen) atoms. The fourth-order valence-corrected chi connectivity index (χ4v) is 9.93. The van der Waals surface area contributed by atoms with Gasteiger partial charge in [-0.1, -0.05) is 276 Å². The number of aliphatic hydroxyl groups excluding tert-OH is 6. The fourth-order valence-electron chi connectivity index (χ4n) is 9.93. The molecule has 0 aromatic carbocycles. The Hall–Kier alpha value is -1.37. The first-order valence-corrected chi connectivity index (χ1v) is 30.7. The molecule has 7 N–H and O–H groups in total. The molecule has 0 radical (unpaired) electrons. The Morgan fingerprint density at radius 1 is 0.479 bits per heavy atom. The number of hydrogen-bond acceptors (Lipinski definition) is 9. The van der Waals surface area contributed by atoms with Crippen molar-refractivity contribution >= 4 is 5.91 Å². The second-order valence-electron chi connectivity index (χ2n) is 21.6. The van der Waals surface area contributed by atoms with Crippen molar-refractivity contribution in [2.24, 2.45) is 0 Å². The summed E-state index contributed by atoms with van der Waals surface area (Å²) in [6.07, 6.45) is 54.4. The van der Waals surface area contributed by atoms with E-state index in [0.717, 1.165) is 44.9 Å². The van der Waals surface area contributed by atoms with E-state index >= 15 is 0 Å². The van der Waals surface area contributed by atoms with Crippen molar-refractivity contribution in [3.63, 3.8) is 0 Å². The van der Waals surface area contributed by atoms with Crippen LogP contribution in [0, 0.1) is 0 Å². The van der Waals surface area contributed by atoms with Crippen LogP contribution in [-0.4, -0.2) is 98.7 Å². The number of aliphatic hydroxyl groups is 6. The number of carbonyl (C=O) groups is 1. The molecule has 0 aromatic heterocycles. The Kier molecular flexibility index (Phi) is 48.4. The highest BCUT2D eigenvalue weighted by atomic mass is 16.7. The zero-order valence-electron chi connectivity index (χ0n) is 46.4. The third-order valence-corrected chi connectivity index (χ3v) is 14.9. The molecule has 0 spiro atoms.